The highest BCUT2D eigenvalue weighted by atomic mass is 16.5. The van der Waals surface area contributed by atoms with E-state index in [-0.39, 0.29) is 6.10 Å². The summed E-state index contributed by atoms with van der Waals surface area (Å²) < 4.78 is 11.4. The summed E-state index contributed by atoms with van der Waals surface area (Å²) in [5.74, 6) is 0.842. The van der Waals surface area contributed by atoms with Gasteiger partial charge < -0.3 is 15.2 Å². The van der Waals surface area contributed by atoms with Crippen molar-refractivity contribution < 1.29 is 9.47 Å². The van der Waals surface area contributed by atoms with E-state index in [9.17, 15) is 0 Å². The van der Waals surface area contributed by atoms with Crippen molar-refractivity contribution in [2.45, 2.75) is 26.0 Å². The number of hydrogen-bond acceptors (Lipinski definition) is 4. The molecule has 1 aliphatic rings. The third kappa shape index (κ3) is 3.62. The van der Waals surface area contributed by atoms with Crippen molar-refractivity contribution in [1.82, 2.24) is 4.90 Å². The maximum Gasteiger partial charge on any atom is 0.119 e. The highest BCUT2D eigenvalue weighted by molar-refractivity contribution is 5.41. The molecular weight excluding hydrogens is 228 g/mol. The largest absolute Gasteiger partial charge is 0.491 e. The first-order valence-electron chi connectivity index (χ1n) is 6.49. The zero-order valence-electron chi connectivity index (χ0n) is 11.1. The van der Waals surface area contributed by atoms with Gasteiger partial charge in [0, 0.05) is 24.8 Å². The van der Waals surface area contributed by atoms with Crippen LogP contribution in [0.2, 0.25) is 0 Å². The van der Waals surface area contributed by atoms with E-state index in [1.54, 1.807) is 0 Å². The normalized spacial score (nSPS) is 21.2. The van der Waals surface area contributed by atoms with E-state index in [1.807, 2.05) is 24.3 Å². The first kappa shape index (κ1) is 13.2. The van der Waals surface area contributed by atoms with Crippen molar-refractivity contribution >= 4 is 5.69 Å². The summed E-state index contributed by atoms with van der Waals surface area (Å²) in [4.78, 5) is 2.42. The van der Waals surface area contributed by atoms with E-state index in [1.165, 1.54) is 0 Å². The lowest BCUT2D eigenvalue weighted by molar-refractivity contribution is -0.0564. The van der Waals surface area contributed by atoms with Gasteiger partial charge in [-0.1, -0.05) is 0 Å². The molecule has 1 aromatic rings. The molecular formula is C14H22N2O2. The van der Waals surface area contributed by atoms with Gasteiger partial charge in [-0.3, -0.25) is 4.90 Å². The molecule has 2 rings (SSSR count). The average Bonchev–Trinajstić information content (AvgIpc) is 2.38. The summed E-state index contributed by atoms with van der Waals surface area (Å²) in [7, 11) is 0. The van der Waals surface area contributed by atoms with E-state index < -0.39 is 0 Å². The summed E-state index contributed by atoms with van der Waals surface area (Å²) >= 11 is 0. The van der Waals surface area contributed by atoms with Gasteiger partial charge >= 0.3 is 0 Å². The molecule has 1 aromatic carbocycles. The van der Waals surface area contributed by atoms with E-state index in [0.717, 1.165) is 31.1 Å². The summed E-state index contributed by atoms with van der Waals surface area (Å²) in [6.07, 6.45) is 0.152. The van der Waals surface area contributed by atoms with E-state index >= 15 is 0 Å². The van der Waals surface area contributed by atoms with E-state index in [2.05, 4.69) is 18.7 Å². The van der Waals surface area contributed by atoms with Gasteiger partial charge in [0.1, 0.15) is 18.5 Å². The van der Waals surface area contributed by atoms with Gasteiger partial charge in [0.15, 0.2) is 0 Å². The first-order valence-corrected chi connectivity index (χ1v) is 6.49. The van der Waals surface area contributed by atoms with Crippen LogP contribution in [0, 0.1) is 0 Å². The number of nitrogens with zero attached hydrogens (tertiary/aromatic N) is 1. The monoisotopic (exact) mass is 250 g/mol. The van der Waals surface area contributed by atoms with Crippen LogP contribution in [-0.4, -0.2) is 43.3 Å². The maximum absolute atomic E-state index is 5.72. The van der Waals surface area contributed by atoms with E-state index in [4.69, 9.17) is 15.2 Å². The van der Waals surface area contributed by atoms with Crippen LogP contribution in [0.5, 0.6) is 5.75 Å². The molecule has 1 aliphatic heterocycles. The summed E-state index contributed by atoms with van der Waals surface area (Å²) in [5.41, 5.74) is 6.38. The Kier molecular flexibility index (Phi) is 4.44. The quantitative estimate of drug-likeness (QED) is 0.827. The van der Waals surface area contributed by atoms with Crippen LogP contribution in [0.1, 0.15) is 13.8 Å². The molecule has 0 spiro atoms. The minimum Gasteiger partial charge on any atom is -0.491 e. The number of hydrogen-bond donors (Lipinski definition) is 1. The van der Waals surface area contributed by atoms with Gasteiger partial charge in [0.2, 0.25) is 0 Å². The molecule has 1 heterocycles. The summed E-state index contributed by atoms with van der Waals surface area (Å²) in [6, 6.07) is 8.03. The molecule has 0 amide bonds. The Morgan fingerprint density at radius 3 is 2.78 bits per heavy atom. The van der Waals surface area contributed by atoms with E-state index in [0.29, 0.717) is 12.6 Å². The molecule has 0 radical (unpaired) electrons. The average molecular weight is 250 g/mol. The van der Waals surface area contributed by atoms with Gasteiger partial charge in [-0.25, -0.2) is 0 Å². The van der Waals surface area contributed by atoms with Crippen molar-refractivity contribution in [3.8, 4) is 5.75 Å². The van der Waals surface area contributed by atoms with Crippen LogP contribution in [0.3, 0.4) is 0 Å². The highest BCUT2D eigenvalue weighted by Crippen LogP contribution is 2.15. The smallest absolute Gasteiger partial charge is 0.119 e. The number of anilines is 1. The molecule has 0 bridgehead atoms. The molecule has 4 nitrogen and oxygen atoms in total. The molecule has 2 N–H and O–H groups in total. The maximum atomic E-state index is 5.72. The molecule has 0 aromatic heterocycles. The number of morpholine rings is 1. The lowest BCUT2D eigenvalue weighted by Crippen LogP contribution is -2.47. The Morgan fingerprint density at radius 1 is 1.39 bits per heavy atom. The van der Waals surface area contributed by atoms with Crippen molar-refractivity contribution in [2.75, 3.05) is 32.0 Å². The topological polar surface area (TPSA) is 47.7 Å². The Morgan fingerprint density at radius 2 is 2.11 bits per heavy atom. The molecule has 4 heteroatoms. The Labute approximate surface area is 109 Å². The SMILES string of the molecule is CC(C)N1CCOC(COc2ccc(N)cc2)C1. The number of rotatable bonds is 4. The van der Waals surface area contributed by atoms with Crippen molar-refractivity contribution in [2.24, 2.45) is 0 Å². The van der Waals surface area contributed by atoms with Gasteiger partial charge in [0.25, 0.3) is 0 Å². The fourth-order valence-corrected chi connectivity index (χ4v) is 2.07. The number of ether oxygens (including phenoxy) is 2. The van der Waals surface area contributed by atoms with Gasteiger partial charge in [-0.2, -0.15) is 0 Å². The molecule has 0 saturated carbocycles. The Hall–Kier alpha value is -1.26. The van der Waals surface area contributed by atoms with Crippen LogP contribution in [-0.2, 0) is 4.74 Å². The number of nitrogen functional groups attached to an aromatic ring is 1. The Balaban J connectivity index is 1.81. The van der Waals surface area contributed by atoms with Gasteiger partial charge in [0.05, 0.1) is 6.61 Å². The second-order valence-electron chi connectivity index (χ2n) is 4.96. The molecule has 0 aliphatic carbocycles. The van der Waals surface area contributed by atoms with Crippen molar-refractivity contribution in [3.63, 3.8) is 0 Å². The van der Waals surface area contributed by atoms with Crippen LogP contribution >= 0.6 is 0 Å². The van der Waals surface area contributed by atoms with Crippen LogP contribution < -0.4 is 10.5 Å². The van der Waals surface area contributed by atoms with Crippen LogP contribution in [0.15, 0.2) is 24.3 Å². The minimum absolute atomic E-state index is 0.152. The molecule has 1 unspecified atom stereocenters. The molecule has 1 saturated heterocycles. The van der Waals surface area contributed by atoms with Crippen LogP contribution in [0.4, 0.5) is 5.69 Å². The van der Waals surface area contributed by atoms with Crippen molar-refractivity contribution in [1.29, 1.82) is 0 Å². The summed E-state index contributed by atoms with van der Waals surface area (Å²) in [5, 5.41) is 0. The standard InChI is InChI=1S/C14H22N2O2/c1-11(2)16-7-8-17-14(9-16)10-18-13-5-3-12(15)4-6-13/h3-6,11,14H,7-10,15H2,1-2H3. The number of nitrogens with two attached hydrogens (primary N) is 1. The predicted molar refractivity (Wildman–Crippen MR) is 72.8 cm³/mol. The number of benzene rings is 1. The zero-order valence-corrected chi connectivity index (χ0v) is 11.1. The zero-order chi connectivity index (χ0) is 13.0. The molecule has 18 heavy (non-hydrogen) atoms. The first-order chi connectivity index (χ1) is 8.65. The second kappa shape index (κ2) is 6.07. The molecule has 100 valence electrons. The second-order valence-corrected chi connectivity index (χ2v) is 4.96. The molecule has 1 fully saturated rings. The highest BCUT2D eigenvalue weighted by Gasteiger charge is 2.22. The predicted octanol–water partition coefficient (Wildman–Crippen LogP) is 1.76. The Bertz CT molecular complexity index is 365. The van der Waals surface area contributed by atoms with Gasteiger partial charge in [-0.05, 0) is 38.1 Å². The van der Waals surface area contributed by atoms with Crippen molar-refractivity contribution in [3.05, 3.63) is 24.3 Å². The lowest BCUT2D eigenvalue weighted by Gasteiger charge is -2.35. The fourth-order valence-electron chi connectivity index (χ4n) is 2.07. The lowest BCUT2D eigenvalue weighted by atomic mass is 10.2. The summed E-state index contributed by atoms with van der Waals surface area (Å²) in [6.45, 7) is 7.75. The third-order valence-electron chi connectivity index (χ3n) is 3.22. The molecule has 1 atom stereocenters. The minimum atomic E-state index is 0.152. The van der Waals surface area contributed by atoms with Crippen LogP contribution in [0.25, 0.3) is 0 Å². The van der Waals surface area contributed by atoms with Gasteiger partial charge in [-0.15, -0.1) is 0 Å². The fraction of sp³-hybridized carbons (Fsp3) is 0.571. The third-order valence-corrected chi connectivity index (χ3v) is 3.22.